The van der Waals surface area contributed by atoms with Gasteiger partial charge in [0.15, 0.2) is 0 Å². The molecule has 1 amide bonds. The zero-order chi connectivity index (χ0) is 15.7. The Hall–Kier alpha value is -1.99. The molecule has 0 saturated carbocycles. The molecule has 0 heterocycles. The summed E-state index contributed by atoms with van der Waals surface area (Å²) in [5, 5.41) is 11.8. The number of aliphatic hydroxyl groups excluding tert-OH is 1. The molecule has 1 aromatic rings. The average molecular weight is 289 g/mol. The lowest BCUT2D eigenvalue weighted by Crippen LogP contribution is -2.34. The number of aliphatic hydroxyl groups is 1. The number of hydrogen-bond acceptors (Lipinski definition) is 3. The number of benzene rings is 1. The van der Waals surface area contributed by atoms with Crippen LogP contribution in [0.15, 0.2) is 18.2 Å². The van der Waals surface area contributed by atoms with Crippen LogP contribution in [-0.2, 0) is 0 Å². The predicted molar refractivity (Wildman–Crippen MR) is 83.4 cm³/mol. The second kappa shape index (κ2) is 9.04. The Morgan fingerprint density at radius 2 is 2.19 bits per heavy atom. The normalized spacial score (nSPS) is 11.2. The standard InChI is InChI=1S/C17H23NO3/c1-4-7-15(5-2)18-17(20)14-9-10-16(21-3)13(12-14)8-6-11-19/h9-10,12,15,19H,4-5,7,11H2,1-3H3,(H,18,20). The third-order valence-corrected chi connectivity index (χ3v) is 3.23. The zero-order valence-electron chi connectivity index (χ0n) is 12.9. The fourth-order valence-electron chi connectivity index (χ4n) is 2.08. The Labute approximate surface area is 126 Å². The SMILES string of the molecule is CCCC(CC)NC(=O)c1ccc(OC)c(C#CCO)c1. The highest BCUT2D eigenvalue weighted by atomic mass is 16.5. The number of amides is 1. The molecule has 0 bridgehead atoms. The maximum absolute atomic E-state index is 12.3. The summed E-state index contributed by atoms with van der Waals surface area (Å²) >= 11 is 0. The van der Waals surface area contributed by atoms with Crippen LogP contribution in [-0.4, -0.2) is 30.8 Å². The van der Waals surface area contributed by atoms with Gasteiger partial charge in [-0.3, -0.25) is 4.79 Å². The molecule has 0 spiro atoms. The Morgan fingerprint density at radius 3 is 2.76 bits per heavy atom. The van der Waals surface area contributed by atoms with Crippen molar-refractivity contribution in [3.8, 4) is 17.6 Å². The van der Waals surface area contributed by atoms with Crippen LogP contribution < -0.4 is 10.1 Å². The second-order valence-electron chi connectivity index (χ2n) is 4.74. The molecule has 4 nitrogen and oxygen atoms in total. The molecule has 21 heavy (non-hydrogen) atoms. The first-order valence-electron chi connectivity index (χ1n) is 7.24. The van der Waals surface area contributed by atoms with Gasteiger partial charge in [0.05, 0.1) is 12.7 Å². The van der Waals surface area contributed by atoms with E-state index in [0.29, 0.717) is 16.9 Å². The van der Waals surface area contributed by atoms with E-state index in [-0.39, 0.29) is 18.6 Å². The molecule has 1 rings (SSSR count). The number of carbonyl (C=O) groups excluding carboxylic acids is 1. The third kappa shape index (κ3) is 5.13. The molecule has 0 aliphatic carbocycles. The van der Waals surface area contributed by atoms with Crippen molar-refractivity contribution in [3.63, 3.8) is 0 Å². The van der Waals surface area contributed by atoms with E-state index in [1.165, 1.54) is 0 Å². The Bertz CT molecular complexity index is 529. The number of ether oxygens (including phenoxy) is 1. The first-order valence-corrected chi connectivity index (χ1v) is 7.24. The maximum atomic E-state index is 12.3. The van der Waals surface area contributed by atoms with Gasteiger partial charge in [0.1, 0.15) is 12.4 Å². The molecule has 0 aliphatic heterocycles. The maximum Gasteiger partial charge on any atom is 0.251 e. The lowest BCUT2D eigenvalue weighted by Gasteiger charge is -2.16. The molecule has 4 heteroatoms. The van der Waals surface area contributed by atoms with Crippen LogP contribution in [0.4, 0.5) is 0 Å². The van der Waals surface area contributed by atoms with Gasteiger partial charge < -0.3 is 15.2 Å². The van der Waals surface area contributed by atoms with Crippen LogP contribution in [0.25, 0.3) is 0 Å². The van der Waals surface area contributed by atoms with Gasteiger partial charge in [-0.15, -0.1) is 0 Å². The average Bonchev–Trinajstić information content (AvgIpc) is 2.51. The molecule has 0 aromatic heterocycles. The van der Waals surface area contributed by atoms with Gasteiger partial charge in [-0.25, -0.2) is 0 Å². The van der Waals surface area contributed by atoms with E-state index < -0.39 is 0 Å². The fourth-order valence-corrected chi connectivity index (χ4v) is 2.08. The van der Waals surface area contributed by atoms with Crippen LogP contribution in [0.5, 0.6) is 5.75 Å². The highest BCUT2D eigenvalue weighted by molar-refractivity contribution is 5.95. The smallest absolute Gasteiger partial charge is 0.251 e. The van der Waals surface area contributed by atoms with Gasteiger partial charge in [-0.2, -0.15) is 0 Å². The topological polar surface area (TPSA) is 58.6 Å². The molecule has 114 valence electrons. The lowest BCUT2D eigenvalue weighted by atomic mass is 10.1. The van der Waals surface area contributed by atoms with Crippen molar-refractivity contribution in [1.29, 1.82) is 0 Å². The largest absolute Gasteiger partial charge is 0.495 e. The number of carbonyl (C=O) groups is 1. The summed E-state index contributed by atoms with van der Waals surface area (Å²) < 4.78 is 5.20. The zero-order valence-corrected chi connectivity index (χ0v) is 12.9. The third-order valence-electron chi connectivity index (χ3n) is 3.23. The van der Waals surface area contributed by atoms with Crippen molar-refractivity contribution in [1.82, 2.24) is 5.32 Å². The first kappa shape index (κ1) is 17.1. The summed E-state index contributed by atoms with van der Waals surface area (Å²) in [6.45, 7) is 3.94. The summed E-state index contributed by atoms with van der Waals surface area (Å²) in [6.07, 6.45) is 2.91. The highest BCUT2D eigenvalue weighted by Gasteiger charge is 2.13. The summed E-state index contributed by atoms with van der Waals surface area (Å²) in [5.74, 6) is 5.85. The van der Waals surface area contributed by atoms with Gasteiger partial charge in [0.25, 0.3) is 5.91 Å². The number of hydrogen-bond donors (Lipinski definition) is 2. The van der Waals surface area contributed by atoms with Crippen LogP contribution in [0.1, 0.15) is 49.0 Å². The molecule has 1 unspecified atom stereocenters. The lowest BCUT2D eigenvalue weighted by molar-refractivity contribution is 0.0933. The molecule has 0 radical (unpaired) electrons. The van der Waals surface area contributed by atoms with Crippen molar-refractivity contribution in [2.75, 3.05) is 13.7 Å². The van der Waals surface area contributed by atoms with Crippen LogP contribution in [0.2, 0.25) is 0 Å². The van der Waals surface area contributed by atoms with E-state index in [0.717, 1.165) is 19.3 Å². The van der Waals surface area contributed by atoms with Crippen LogP contribution in [0, 0.1) is 11.8 Å². The van der Waals surface area contributed by atoms with E-state index >= 15 is 0 Å². The summed E-state index contributed by atoms with van der Waals surface area (Å²) in [7, 11) is 1.55. The van der Waals surface area contributed by atoms with Crippen molar-refractivity contribution < 1.29 is 14.6 Å². The van der Waals surface area contributed by atoms with Gasteiger partial charge in [0.2, 0.25) is 0 Å². The quantitative estimate of drug-likeness (QED) is 0.790. The van der Waals surface area contributed by atoms with Gasteiger partial charge in [0, 0.05) is 11.6 Å². The van der Waals surface area contributed by atoms with E-state index in [1.54, 1.807) is 25.3 Å². The Kier molecular flexibility index (Phi) is 7.34. The predicted octanol–water partition coefficient (Wildman–Crippen LogP) is 2.35. The number of methoxy groups -OCH3 is 1. The van der Waals surface area contributed by atoms with Crippen molar-refractivity contribution in [2.24, 2.45) is 0 Å². The van der Waals surface area contributed by atoms with Gasteiger partial charge in [-0.1, -0.05) is 32.1 Å². The molecule has 2 N–H and O–H groups in total. The molecular weight excluding hydrogens is 266 g/mol. The summed E-state index contributed by atoms with van der Waals surface area (Å²) in [5.41, 5.74) is 1.15. The Balaban J connectivity index is 2.94. The van der Waals surface area contributed by atoms with Crippen molar-refractivity contribution in [2.45, 2.75) is 39.2 Å². The fraction of sp³-hybridized carbons (Fsp3) is 0.471. The molecule has 0 fully saturated rings. The minimum atomic E-state index is -0.228. The van der Waals surface area contributed by atoms with Gasteiger partial charge >= 0.3 is 0 Å². The highest BCUT2D eigenvalue weighted by Crippen LogP contribution is 2.19. The summed E-state index contributed by atoms with van der Waals surface area (Å²) in [6, 6.07) is 5.32. The minimum absolute atomic E-state index is 0.106. The molecule has 0 saturated heterocycles. The Morgan fingerprint density at radius 1 is 1.43 bits per heavy atom. The molecule has 1 atom stereocenters. The van der Waals surface area contributed by atoms with E-state index in [2.05, 4.69) is 31.0 Å². The van der Waals surface area contributed by atoms with Crippen LogP contribution >= 0.6 is 0 Å². The van der Waals surface area contributed by atoms with Crippen molar-refractivity contribution >= 4 is 5.91 Å². The van der Waals surface area contributed by atoms with Crippen LogP contribution in [0.3, 0.4) is 0 Å². The first-order chi connectivity index (χ1) is 10.2. The minimum Gasteiger partial charge on any atom is -0.495 e. The molecular formula is C17H23NO3. The van der Waals surface area contributed by atoms with Gasteiger partial charge in [-0.05, 0) is 31.0 Å². The second-order valence-corrected chi connectivity index (χ2v) is 4.74. The van der Waals surface area contributed by atoms with E-state index in [4.69, 9.17) is 9.84 Å². The number of rotatable bonds is 6. The molecule has 1 aromatic carbocycles. The monoisotopic (exact) mass is 289 g/mol. The van der Waals surface area contributed by atoms with E-state index in [9.17, 15) is 4.79 Å². The molecule has 0 aliphatic rings. The van der Waals surface area contributed by atoms with Crippen molar-refractivity contribution in [3.05, 3.63) is 29.3 Å². The summed E-state index contributed by atoms with van der Waals surface area (Å²) in [4.78, 5) is 12.3. The van der Waals surface area contributed by atoms with E-state index in [1.807, 2.05) is 0 Å². The number of nitrogens with one attached hydrogen (secondary N) is 1.